The van der Waals surface area contributed by atoms with Crippen molar-refractivity contribution in [3.63, 3.8) is 0 Å². The number of amides is 1. The van der Waals surface area contributed by atoms with Crippen LogP contribution in [0.15, 0.2) is 24.3 Å². The summed E-state index contributed by atoms with van der Waals surface area (Å²) in [6.07, 6.45) is 0.136. The maximum absolute atomic E-state index is 13.3. The molecule has 1 aromatic heterocycles. The zero-order valence-corrected chi connectivity index (χ0v) is 18.5. The van der Waals surface area contributed by atoms with Crippen LogP contribution in [-0.2, 0) is 17.9 Å². The van der Waals surface area contributed by atoms with Crippen LogP contribution < -0.4 is 5.32 Å². The van der Waals surface area contributed by atoms with Crippen LogP contribution in [0.4, 0.5) is 0 Å². The number of nitrogens with zero attached hydrogens (tertiary/aromatic N) is 3. The molecule has 0 radical (unpaired) electrons. The first-order chi connectivity index (χ1) is 13.6. The Morgan fingerprint density at radius 3 is 2.45 bits per heavy atom. The molecule has 1 aliphatic heterocycles. The van der Waals surface area contributed by atoms with Crippen molar-refractivity contribution in [3.8, 4) is 11.4 Å². The molecule has 1 aliphatic rings. The lowest BCUT2D eigenvalue weighted by Crippen LogP contribution is -2.38. The molecule has 0 saturated heterocycles. The number of aromatic nitrogens is 2. The van der Waals surface area contributed by atoms with E-state index in [0.717, 1.165) is 30.2 Å². The molecule has 2 heterocycles. The molecule has 156 valence electrons. The van der Waals surface area contributed by atoms with Crippen molar-refractivity contribution in [2.24, 2.45) is 11.3 Å². The summed E-state index contributed by atoms with van der Waals surface area (Å²) in [6, 6.07) is 7.51. The molecular formula is C22H29ClN4O2. The molecule has 29 heavy (non-hydrogen) atoms. The van der Waals surface area contributed by atoms with Gasteiger partial charge in [-0.1, -0.05) is 32.4 Å². The molecule has 0 unspecified atom stereocenters. The van der Waals surface area contributed by atoms with E-state index in [4.69, 9.17) is 16.6 Å². The number of fused-ring (bicyclic) bond motifs is 1. The average molecular weight is 417 g/mol. The smallest absolute Gasteiger partial charge is 0.223 e. The number of hydrogen-bond donors (Lipinski definition) is 1. The third-order valence-electron chi connectivity index (χ3n) is 5.56. The van der Waals surface area contributed by atoms with Gasteiger partial charge in [0.05, 0.1) is 11.6 Å². The van der Waals surface area contributed by atoms with E-state index in [0.29, 0.717) is 17.3 Å². The van der Waals surface area contributed by atoms with Crippen molar-refractivity contribution in [3.05, 3.63) is 40.7 Å². The molecule has 1 N–H and O–H groups in total. The van der Waals surface area contributed by atoms with Crippen LogP contribution in [0.3, 0.4) is 0 Å². The molecule has 1 atom stereocenters. The minimum atomic E-state index is -0.419. The second-order valence-electron chi connectivity index (χ2n) is 8.79. The summed E-state index contributed by atoms with van der Waals surface area (Å²) in [6.45, 7) is 8.26. The Labute approximate surface area is 177 Å². The molecule has 7 heteroatoms. The first-order valence-electron chi connectivity index (χ1n) is 9.90. The molecule has 6 nitrogen and oxygen atoms in total. The quantitative estimate of drug-likeness (QED) is 0.756. The predicted octanol–water partition coefficient (Wildman–Crippen LogP) is 3.63. The standard InChI is InChI=1S/C22H29ClN4O2/c1-22(2,3)16(21(29)24-4)12-18(28)19-17-13-26(5)10-11-27(17)20(25-19)14-6-8-15(23)9-7-14/h6-9,16H,10-13H2,1-5H3,(H,24,29)/t16-/m1/s1. The lowest BCUT2D eigenvalue weighted by atomic mass is 9.77. The second-order valence-corrected chi connectivity index (χ2v) is 9.22. The van der Waals surface area contributed by atoms with Gasteiger partial charge < -0.3 is 9.88 Å². The van der Waals surface area contributed by atoms with Gasteiger partial charge in [-0.2, -0.15) is 0 Å². The van der Waals surface area contributed by atoms with Gasteiger partial charge in [-0.25, -0.2) is 4.98 Å². The Balaban J connectivity index is 2.01. The lowest BCUT2D eigenvalue weighted by molar-refractivity contribution is -0.127. The summed E-state index contributed by atoms with van der Waals surface area (Å²) in [5, 5.41) is 3.36. The van der Waals surface area contributed by atoms with Crippen LogP contribution in [0.25, 0.3) is 11.4 Å². The zero-order valence-electron chi connectivity index (χ0n) is 17.8. The van der Waals surface area contributed by atoms with Crippen molar-refractivity contribution >= 4 is 23.3 Å². The van der Waals surface area contributed by atoms with Gasteiger partial charge in [-0.3, -0.25) is 14.5 Å². The van der Waals surface area contributed by atoms with E-state index in [1.54, 1.807) is 7.05 Å². The lowest BCUT2D eigenvalue weighted by Gasteiger charge is -2.29. The van der Waals surface area contributed by atoms with Gasteiger partial charge in [-0.05, 0) is 36.7 Å². The van der Waals surface area contributed by atoms with Crippen LogP contribution in [0.2, 0.25) is 5.02 Å². The van der Waals surface area contributed by atoms with Crippen LogP contribution in [0, 0.1) is 11.3 Å². The minimum absolute atomic E-state index is 0.0900. The van der Waals surface area contributed by atoms with Crippen LogP contribution in [0.1, 0.15) is 43.4 Å². The largest absolute Gasteiger partial charge is 0.359 e. The van der Waals surface area contributed by atoms with Gasteiger partial charge in [0.15, 0.2) is 5.78 Å². The number of ketones is 1. The molecule has 1 aromatic carbocycles. The molecule has 0 bridgehead atoms. The maximum Gasteiger partial charge on any atom is 0.223 e. The van der Waals surface area contributed by atoms with E-state index in [9.17, 15) is 9.59 Å². The number of nitrogens with one attached hydrogen (secondary N) is 1. The highest BCUT2D eigenvalue weighted by Gasteiger charge is 2.35. The highest BCUT2D eigenvalue weighted by Crippen LogP contribution is 2.32. The van der Waals surface area contributed by atoms with Gasteiger partial charge in [0.2, 0.25) is 5.91 Å². The van der Waals surface area contributed by atoms with Gasteiger partial charge in [0, 0.05) is 43.7 Å². The third kappa shape index (κ3) is 4.54. The molecule has 0 spiro atoms. The number of rotatable bonds is 5. The Hall–Kier alpha value is -2.18. The van der Waals surface area contributed by atoms with E-state index in [2.05, 4.69) is 14.8 Å². The fraction of sp³-hybridized carbons (Fsp3) is 0.500. The summed E-state index contributed by atoms with van der Waals surface area (Å²) in [5.41, 5.74) is 1.99. The van der Waals surface area contributed by atoms with Crippen molar-refractivity contribution in [2.45, 2.75) is 40.3 Å². The molecule has 0 fully saturated rings. The molecule has 0 saturated carbocycles. The summed E-state index contributed by atoms with van der Waals surface area (Å²) >= 11 is 6.03. The van der Waals surface area contributed by atoms with E-state index < -0.39 is 5.92 Å². The molecule has 2 aromatic rings. The van der Waals surface area contributed by atoms with Crippen molar-refractivity contribution in [1.82, 2.24) is 19.8 Å². The Kier molecular flexibility index (Phi) is 6.15. The Bertz CT molecular complexity index is 912. The first-order valence-corrected chi connectivity index (χ1v) is 10.3. The Morgan fingerprint density at radius 2 is 1.86 bits per heavy atom. The van der Waals surface area contributed by atoms with Crippen molar-refractivity contribution in [1.29, 1.82) is 0 Å². The summed E-state index contributed by atoms with van der Waals surface area (Å²) in [5.74, 6) is 0.153. The molecule has 0 aliphatic carbocycles. The number of carbonyl (C=O) groups is 2. The number of benzene rings is 1. The van der Waals surface area contributed by atoms with E-state index in [1.807, 2.05) is 52.1 Å². The molecular weight excluding hydrogens is 388 g/mol. The number of halogens is 1. The predicted molar refractivity (Wildman–Crippen MR) is 115 cm³/mol. The fourth-order valence-electron chi connectivity index (χ4n) is 3.78. The van der Waals surface area contributed by atoms with E-state index in [-0.39, 0.29) is 23.5 Å². The highest BCUT2D eigenvalue weighted by molar-refractivity contribution is 6.30. The first kappa shape index (κ1) is 21.5. The number of imidazole rings is 1. The molecule has 1 amide bonds. The maximum atomic E-state index is 13.3. The minimum Gasteiger partial charge on any atom is -0.359 e. The van der Waals surface area contributed by atoms with Crippen LogP contribution >= 0.6 is 11.6 Å². The van der Waals surface area contributed by atoms with Crippen molar-refractivity contribution in [2.75, 3.05) is 20.6 Å². The summed E-state index contributed by atoms with van der Waals surface area (Å²) in [7, 11) is 3.65. The van der Waals surface area contributed by atoms with E-state index >= 15 is 0 Å². The van der Waals surface area contributed by atoms with Crippen molar-refractivity contribution < 1.29 is 9.59 Å². The fourth-order valence-corrected chi connectivity index (χ4v) is 3.91. The monoisotopic (exact) mass is 416 g/mol. The second kappa shape index (κ2) is 8.28. The van der Waals surface area contributed by atoms with Gasteiger partial charge >= 0.3 is 0 Å². The zero-order chi connectivity index (χ0) is 21.3. The molecule has 3 rings (SSSR count). The number of likely N-dealkylation sites (N-methyl/N-ethyl adjacent to an activating group) is 1. The summed E-state index contributed by atoms with van der Waals surface area (Å²) < 4.78 is 2.13. The number of carbonyl (C=O) groups excluding carboxylic acids is 2. The van der Waals surface area contributed by atoms with Gasteiger partial charge in [-0.15, -0.1) is 0 Å². The summed E-state index contributed by atoms with van der Waals surface area (Å²) in [4.78, 5) is 32.7. The SMILES string of the molecule is CNC(=O)[C@@H](CC(=O)c1nc(-c2ccc(Cl)cc2)n2c1CN(C)CC2)C(C)(C)C. The van der Waals surface area contributed by atoms with Crippen LogP contribution in [-0.4, -0.2) is 46.8 Å². The topological polar surface area (TPSA) is 67.2 Å². The normalized spacial score (nSPS) is 15.7. The van der Waals surface area contributed by atoms with Crippen LogP contribution in [0.5, 0.6) is 0 Å². The Morgan fingerprint density at radius 1 is 1.21 bits per heavy atom. The van der Waals surface area contributed by atoms with E-state index in [1.165, 1.54) is 0 Å². The third-order valence-corrected chi connectivity index (χ3v) is 5.81. The van der Waals surface area contributed by atoms with Gasteiger partial charge in [0.1, 0.15) is 11.5 Å². The van der Waals surface area contributed by atoms with Gasteiger partial charge in [0.25, 0.3) is 0 Å². The highest BCUT2D eigenvalue weighted by atomic mass is 35.5. The number of Topliss-reactive ketones (excluding diaryl/α,β-unsaturated/α-hetero) is 1. The number of hydrogen-bond acceptors (Lipinski definition) is 4. The average Bonchev–Trinajstić information content (AvgIpc) is 3.03.